The molecule has 150 valence electrons. The zero-order valence-electron chi connectivity index (χ0n) is 14.5. The van der Waals surface area contributed by atoms with E-state index >= 15 is 0 Å². The summed E-state index contributed by atoms with van der Waals surface area (Å²) in [6.45, 7) is 1.48. The molecule has 2 aromatic rings. The Hall–Kier alpha value is -2.52. The number of rotatable bonds is 5. The second-order valence-corrected chi connectivity index (χ2v) is 6.46. The normalized spacial score (nSPS) is 13.4. The fourth-order valence-corrected chi connectivity index (χ4v) is 2.74. The number of carbonyl (C=O) groups is 2. The lowest BCUT2D eigenvalue weighted by atomic mass is 10.1. The van der Waals surface area contributed by atoms with E-state index in [4.69, 9.17) is 23.2 Å². The number of amides is 1. The Kier molecular flexibility index (Phi) is 6.41. The minimum absolute atomic E-state index is 0.179. The molecule has 1 aromatic heterocycles. The van der Waals surface area contributed by atoms with Crippen LogP contribution in [0.25, 0.3) is 0 Å². The molecule has 11 heteroatoms. The average molecular weight is 436 g/mol. The Morgan fingerprint density at radius 2 is 1.86 bits per heavy atom. The van der Waals surface area contributed by atoms with E-state index in [0.29, 0.717) is 5.56 Å². The quantitative estimate of drug-likeness (QED) is 0.548. The maximum Gasteiger partial charge on any atom is 0.441 e. The largest absolute Gasteiger partial charge is 0.466 e. The Morgan fingerprint density at radius 3 is 2.39 bits per heavy atom. The average Bonchev–Trinajstić information content (AvgIpc) is 2.61. The number of carbonyl (C=O) groups excluding carboxylic acids is 2. The molecule has 0 saturated carbocycles. The molecule has 28 heavy (non-hydrogen) atoms. The molecule has 6 nitrogen and oxygen atoms in total. The molecule has 1 atom stereocenters. The van der Waals surface area contributed by atoms with Gasteiger partial charge in [-0.05, 0) is 36.8 Å². The number of pyridine rings is 1. The zero-order chi connectivity index (χ0) is 21.1. The van der Waals surface area contributed by atoms with Crippen molar-refractivity contribution >= 4 is 40.9 Å². The summed E-state index contributed by atoms with van der Waals surface area (Å²) in [7, 11) is 0.761. The van der Waals surface area contributed by atoms with Crippen LogP contribution in [-0.4, -0.2) is 35.8 Å². The van der Waals surface area contributed by atoms with E-state index in [0.717, 1.165) is 13.2 Å². The highest BCUT2D eigenvalue weighted by Crippen LogP contribution is 2.34. The van der Waals surface area contributed by atoms with Crippen LogP contribution in [0.15, 0.2) is 36.5 Å². The van der Waals surface area contributed by atoms with Crippen LogP contribution in [-0.2, 0) is 9.53 Å². The number of alkyl halides is 3. The van der Waals surface area contributed by atoms with Gasteiger partial charge >= 0.3 is 17.8 Å². The molecule has 0 unspecified atom stereocenters. The minimum atomic E-state index is -5.29. The van der Waals surface area contributed by atoms with Gasteiger partial charge in [0, 0.05) is 11.2 Å². The van der Waals surface area contributed by atoms with Gasteiger partial charge in [-0.3, -0.25) is 4.79 Å². The smallest absolute Gasteiger partial charge is 0.441 e. The first kappa shape index (κ1) is 21.8. The molecular formula is C17H14Cl2F3N3O3. The van der Waals surface area contributed by atoms with E-state index in [9.17, 15) is 22.8 Å². The number of benzene rings is 1. The summed E-state index contributed by atoms with van der Waals surface area (Å²) >= 11 is 11.6. The number of methoxy groups -OCH3 is 1. The maximum absolute atomic E-state index is 14.0. The van der Waals surface area contributed by atoms with Crippen molar-refractivity contribution in [3.8, 4) is 0 Å². The summed E-state index contributed by atoms with van der Waals surface area (Å²) in [6, 6.07) is 6.56. The van der Waals surface area contributed by atoms with Crippen molar-refractivity contribution in [1.82, 2.24) is 10.3 Å². The van der Waals surface area contributed by atoms with Crippen molar-refractivity contribution in [2.24, 2.45) is 0 Å². The molecule has 2 rings (SSSR count). The van der Waals surface area contributed by atoms with Crippen molar-refractivity contribution < 1.29 is 27.5 Å². The molecule has 1 aromatic carbocycles. The first-order valence-electron chi connectivity index (χ1n) is 7.64. The molecule has 1 heterocycles. The predicted molar refractivity (Wildman–Crippen MR) is 97.3 cm³/mol. The lowest BCUT2D eigenvalue weighted by Gasteiger charge is -2.35. The maximum atomic E-state index is 14.0. The van der Waals surface area contributed by atoms with Gasteiger partial charge in [0.05, 0.1) is 17.7 Å². The van der Waals surface area contributed by atoms with E-state index in [2.05, 4.69) is 9.72 Å². The van der Waals surface area contributed by atoms with Gasteiger partial charge in [-0.2, -0.15) is 13.2 Å². The molecule has 1 amide bonds. The summed E-state index contributed by atoms with van der Waals surface area (Å²) in [6.07, 6.45) is -4.07. The Morgan fingerprint density at radius 1 is 1.18 bits per heavy atom. The molecule has 0 aliphatic heterocycles. The first-order valence-corrected chi connectivity index (χ1v) is 8.40. The van der Waals surface area contributed by atoms with Crippen molar-refractivity contribution in [1.29, 1.82) is 0 Å². The fraction of sp³-hybridized carbons (Fsp3) is 0.235. The molecule has 0 fully saturated rings. The molecule has 2 N–H and O–H groups in total. The van der Waals surface area contributed by atoms with E-state index in [-0.39, 0.29) is 21.4 Å². The van der Waals surface area contributed by atoms with Gasteiger partial charge in [0.1, 0.15) is 5.82 Å². The van der Waals surface area contributed by atoms with Crippen molar-refractivity contribution in [3.05, 3.63) is 57.7 Å². The number of hydrogen-bond acceptors (Lipinski definition) is 5. The highest BCUT2D eigenvalue weighted by Gasteiger charge is 2.64. The summed E-state index contributed by atoms with van der Waals surface area (Å²) in [4.78, 5) is 28.5. The number of anilines is 1. The van der Waals surface area contributed by atoms with Crippen LogP contribution in [0.3, 0.4) is 0 Å². The standard InChI is InChI=1S/C17H14Cl2F3N3O3/c1-9-4-3-7-23-13(9)24-16(15(27)28-2,17(20,21)22)25-14(26)11-6-5-10(18)8-12(11)19/h3-8H,1-2H3,(H,23,24)(H,25,26)/t16-/m1/s1. The molecule has 0 saturated heterocycles. The number of ether oxygens (including phenoxy) is 1. The topological polar surface area (TPSA) is 80.3 Å². The second kappa shape index (κ2) is 8.24. The monoisotopic (exact) mass is 435 g/mol. The van der Waals surface area contributed by atoms with Crippen molar-refractivity contribution in [3.63, 3.8) is 0 Å². The number of hydrogen-bond donors (Lipinski definition) is 2. The van der Waals surface area contributed by atoms with Gasteiger partial charge in [0.25, 0.3) is 5.91 Å². The third-order valence-electron chi connectivity index (χ3n) is 3.71. The number of aryl methyl sites for hydroxylation is 1. The number of halogens is 5. The third kappa shape index (κ3) is 4.31. The van der Waals surface area contributed by atoms with Crippen LogP contribution < -0.4 is 10.6 Å². The van der Waals surface area contributed by atoms with Gasteiger partial charge in [-0.15, -0.1) is 0 Å². The van der Waals surface area contributed by atoms with Gasteiger partial charge in [-0.25, -0.2) is 9.78 Å². The van der Waals surface area contributed by atoms with Crippen LogP contribution in [0.4, 0.5) is 19.0 Å². The molecule has 0 aliphatic carbocycles. The zero-order valence-corrected chi connectivity index (χ0v) is 16.0. The van der Waals surface area contributed by atoms with E-state index in [1.807, 2.05) is 5.32 Å². The second-order valence-electron chi connectivity index (χ2n) is 5.61. The lowest BCUT2D eigenvalue weighted by Crippen LogP contribution is -2.69. The highest BCUT2D eigenvalue weighted by atomic mass is 35.5. The predicted octanol–water partition coefficient (Wildman–Crippen LogP) is 3.97. The Bertz CT molecular complexity index is 909. The fourth-order valence-electron chi connectivity index (χ4n) is 2.25. The van der Waals surface area contributed by atoms with Crippen LogP contribution >= 0.6 is 23.2 Å². The Balaban J connectivity index is 2.55. The number of nitrogens with zero attached hydrogens (tertiary/aromatic N) is 1. The first-order chi connectivity index (χ1) is 13.0. The third-order valence-corrected chi connectivity index (χ3v) is 4.26. The summed E-state index contributed by atoms with van der Waals surface area (Å²) in [5.74, 6) is -3.33. The summed E-state index contributed by atoms with van der Waals surface area (Å²) in [5, 5.41) is 3.61. The number of aromatic nitrogens is 1. The number of nitrogens with one attached hydrogen (secondary N) is 2. The van der Waals surface area contributed by atoms with Gasteiger partial charge < -0.3 is 15.4 Å². The highest BCUT2D eigenvalue weighted by molar-refractivity contribution is 6.36. The number of esters is 1. The van der Waals surface area contributed by atoms with Crippen LogP contribution in [0.5, 0.6) is 0 Å². The van der Waals surface area contributed by atoms with E-state index < -0.39 is 23.7 Å². The van der Waals surface area contributed by atoms with Crippen molar-refractivity contribution in [2.75, 3.05) is 12.4 Å². The lowest BCUT2D eigenvalue weighted by molar-refractivity contribution is -0.203. The summed E-state index contributed by atoms with van der Waals surface area (Å²) < 4.78 is 46.4. The molecule has 0 aliphatic rings. The molecule has 0 bridgehead atoms. The molecular weight excluding hydrogens is 422 g/mol. The van der Waals surface area contributed by atoms with Gasteiger partial charge in [-0.1, -0.05) is 29.3 Å². The van der Waals surface area contributed by atoms with Crippen LogP contribution in [0.2, 0.25) is 10.0 Å². The van der Waals surface area contributed by atoms with Gasteiger partial charge in [0.2, 0.25) is 0 Å². The molecule has 0 spiro atoms. The SMILES string of the molecule is COC(=O)[C@](NC(=O)c1ccc(Cl)cc1Cl)(Nc1ncccc1C)C(F)(F)F. The van der Waals surface area contributed by atoms with E-state index in [1.165, 1.54) is 37.4 Å². The van der Waals surface area contributed by atoms with Crippen LogP contribution in [0.1, 0.15) is 15.9 Å². The summed E-state index contributed by atoms with van der Waals surface area (Å²) in [5.41, 5.74) is -3.62. The minimum Gasteiger partial charge on any atom is -0.466 e. The Labute approximate surface area is 168 Å². The molecule has 0 radical (unpaired) electrons. The van der Waals surface area contributed by atoms with Crippen LogP contribution in [0, 0.1) is 6.92 Å². The van der Waals surface area contributed by atoms with Crippen molar-refractivity contribution in [2.45, 2.75) is 18.8 Å². The van der Waals surface area contributed by atoms with Gasteiger partial charge in [0.15, 0.2) is 0 Å². The van der Waals surface area contributed by atoms with E-state index in [1.54, 1.807) is 5.32 Å².